The zero-order valence-corrected chi connectivity index (χ0v) is 30.2. The van der Waals surface area contributed by atoms with Gasteiger partial charge in [0.1, 0.15) is 0 Å². The number of thiophene rings is 1. The molecule has 11 rings (SSSR count). The summed E-state index contributed by atoms with van der Waals surface area (Å²) in [6.07, 6.45) is 2.40. The molecule has 0 saturated heterocycles. The number of rotatable bonds is 5. The van der Waals surface area contributed by atoms with Gasteiger partial charge in [-0.2, -0.15) is 0 Å². The van der Waals surface area contributed by atoms with Crippen molar-refractivity contribution < 1.29 is 0 Å². The molecule has 0 fully saturated rings. The predicted octanol–water partition coefficient (Wildman–Crippen LogP) is 14.7. The molecule has 0 aliphatic carbocycles. The Hall–Kier alpha value is -6.74. The Balaban J connectivity index is 1.20. The highest BCUT2D eigenvalue weighted by Crippen LogP contribution is 2.42. The summed E-state index contributed by atoms with van der Waals surface area (Å²) in [6.45, 7) is 0. The molecular weight excluding hydrogens is 671 g/mol. The molecule has 0 radical (unpaired) electrons. The van der Waals surface area contributed by atoms with Gasteiger partial charge in [0.2, 0.25) is 0 Å². The molecule has 0 atom stereocenters. The zero-order chi connectivity index (χ0) is 35.6. The van der Waals surface area contributed by atoms with Crippen LogP contribution < -0.4 is 0 Å². The maximum Gasteiger partial charge on any atom is 0.0547 e. The van der Waals surface area contributed by atoms with E-state index in [9.17, 15) is 0 Å². The third kappa shape index (κ3) is 4.99. The maximum atomic E-state index is 2.45. The fourth-order valence-corrected chi connectivity index (χ4v) is 9.54. The zero-order valence-electron chi connectivity index (χ0n) is 29.4. The molecule has 0 spiro atoms. The Morgan fingerprint density at radius 3 is 2.06 bits per heavy atom. The Bertz CT molecular complexity index is 3270. The molecule has 0 amide bonds. The summed E-state index contributed by atoms with van der Waals surface area (Å²) in [4.78, 5) is 0. The van der Waals surface area contributed by atoms with Crippen molar-refractivity contribution in [3.8, 4) is 16.8 Å². The van der Waals surface area contributed by atoms with Gasteiger partial charge in [0, 0.05) is 36.6 Å². The van der Waals surface area contributed by atoms with E-state index in [-0.39, 0.29) is 0 Å². The van der Waals surface area contributed by atoms with Crippen LogP contribution >= 0.6 is 11.3 Å². The third-order valence-corrected chi connectivity index (χ3v) is 12.1. The van der Waals surface area contributed by atoms with Gasteiger partial charge in [-0.25, -0.2) is 0 Å². The van der Waals surface area contributed by atoms with Crippen molar-refractivity contribution in [1.82, 2.24) is 4.57 Å². The number of nitrogens with zero attached hydrogens (tertiary/aromatic N) is 1. The predicted molar refractivity (Wildman–Crippen MR) is 234 cm³/mol. The van der Waals surface area contributed by atoms with Crippen LogP contribution in [0.25, 0.3) is 92.0 Å². The molecule has 0 unspecified atom stereocenters. The van der Waals surface area contributed by atoms with E-state index in [0.717, 1.165) is 0 Å². The second-order valence-electron chi connectivity index (χ2n) is 14.1. The van der Waals surface area contributed by atoms with Gasteiger partial charge in [0.05, 0.1) is 11.0 Å². The minimum absolute atomic E-state index is 1.17. The Morgan fingerprint density at radius 1 is 0.444 bits per heavy atom. The fourth-order valence-electron chi connectivity index (χ4n) is 8.46. The highest BCUT2D eigenvalue weighted by Gasteiger charge is 2.19. The Morgan fingerprint density at radius 2 is 1.15 bits per heavy atom. The van der Waals surface area contributed by atoms with E-state index in [0.29, 0.717) is 0 Å². The smallest absolute Gasteiger partial charge is 0.0547 e. The summed E-state index contributed by atoms with van der Waals surface area (Å²) in [6, 6.07) is 71.2. The van der Waals surface area contributed by atoms with E-state index in [1.54, 1.807) is 0 Å². The van der Waals surface area contributed by atoms with Crippen molar-refractivity contribution in [2.75, 3.05) is 0 Å². The highest BCUT2D eigenvalue weighted by molar-refractivity contribution is 7.25. The van der Waals surface area contributed by atoms with Crippen LogP contribution in [0, 0.1) is 0 Å². The van der Waals surface area contributed by atoms with Gasteiger partial charge in [0.15, 0.2) is 0 Å². The molecule has 0 saturated carbocycles. The van der Waals surface area contributed by atoms with Crippen molar-refractivity contribution in [2.24, 2.45) is 0 Å². The molecule has 54 heavy (non-hydrogen) atoms. The number of hydrogen-bond acceptors (Lipinski definition) is 1. The second kappa shape index (κ2) is 12.4. The van der Waals surface area contributed by atoms with Crippen molar-refractivity contribution in [1.29, 1.82) is 0 Å². The lowest BCUT2D eigenvalue weighted by Crippen LogP contribution is -1.95. The van der Waals surface area contributed by atoms with Crippen LogP contribution in [0.4, 0.5) is 0 Å². The molecule has 2 aromatic heterocycles. The van der Waals surface area contributed by atoms with Gasteiger partial charge < -0.3 is 4.57 Å². The summed E-state index contributed by atoms with van der Waals surface area (Å²) in [5.41, 5.74) is 10.8. The quantitative estimate of drug-likeness (QED) is 0.157. The molecule has 1 nitrogen and oxygen atoms in total. The average Bonchev–Trinajstić information content (AvgIpc) is 3.78. The summed E-state index contributed by atoms with van der Waals surface area (Å²) in [5.74, 6) is 0. The molecule has 0 aliphatic rings. The van der Waals surface area contributed by atoms with Crippen LogP contribution in [-0.4, -0.2) is 4.57 Å². The van der Waals surface area contributed by atoms with Crippen LogP contribution in [-0.2, 0) is 0 Å². The monoisotopic (exact) mass is 703 g/mol. The van der Waals surface area contributed by atoms with E-state index < -0.39 is 0 Å². The van der Waals surface area contributed by atoms with E-state index in [1.807, 2.05) is 11.3 Å². The van der Waals surface area contributed by atoms with E-state index in [4.69, 9.17) is 0 Å². The van der Waals surface area contributed by atoms with Gasteiger partial charge in [-0.1, -0.05) is 146 Å². The number of hydrogen-bond donors (Lipinski definition) is 0. The van der Waals surface area contributed by atoms with Crippen molar-refractivity contribution in [3.63, 3.8) is 0 Å². The molecule has 252 valence electrons. The molecule has 0 N–H and O–H groups in total. The van der Waals surface area contributed by atoms with Gasteiger partial charge >= 0.3 is 0 Å². The summed E-state index contributed by atoms with van der Waals surface area (Å²) < 4.78 is 5.09. The Labute approximate surface area is 317 Å². The van der Waals surface area contributed by atoms with Gasteiger partial charge in [-0.3, -0.25) is 0 Å². The lowest BCUT2D eigenvalue weighted by atomic mass is 9.88. The summed E-state index contributed by atoms with van der Waals surface area (Å²) in [7, 11) is 0. The van der Waals surface area contributed by atoms with Crippen LogP contribution in [0.3, 0.4) is 0 Å². The molecule has 2 heterocycles. The molecular formula is C52H33NS. The largest absolute Gasteiger partial charge is 0.309 e. The lowest BCUT2D eigenvalue weighted by Gasteiger charge is -2.15. The van der Waals surface area contributed by atoms with Crippen molar-refractivity contribution >= 4 is 86.5 Å². The van der Waals surface area contributed by atoms with Gasteiger partial charge in [-0.15, -0.1) is 11.3 Å². The highest BCUT2D eigenvalue weighted by atomic mass is 32.1. The lowest BCUT2D eigenvalue weighted by molar-refractivity contribution is 1.19. The number of aromatic nitrogens is 1. The number of fused-ring (bicyclic) bond motifs is 9. The first-order chi connectivity index (χ1) is 26.8. The molecule has 11 aromatic rings. The Kier molecular flexibility index (Phi) is 7.11. The topological polar surface area (TPSA) is 4.93 Å². The molecule has 0 aliphatic heterocycles. The third-order valence-electron chi connectivity index (χ3n) is 11.0. The standard InChI is InChI=1S/C52H33NS/c1-2-13-36(14-3-1)41-17-8-9-19-43(41)45(30-34-22-29-51-46(31-34)44-20-10-11-21-50(44)54-51)39-25-27-48-47(33-39)52-42-18-7-6-15-37(42)24-28-49(52)53(48)40-26-23-35-12-4-5-16-38(35)32-40/h1-33H/b45-30+. The van der Waals surface area contributed by atoms with Gasteiger partial charge in [0.25, 0.3) is 0 Å². The fraction of sp³-hybridized carbons (Fsp3) is 0. The maximum absolute atomic E-state index is 2.45. The summed E-state index contributed by atoms with van der Waals surface area (Å²) in [5, 5.41) is 10.1. The van der Waals surface area contributed by atoms with Crippen LogP contribution in [0.5, 0.6) is 0 Å². The van der Waals surface area contributed by atoms with Crippen LogP contribution in [0.1, 0.15) is 16.7 Å². The molecule has 2 heteroatoms. The van der Waals surface area contributed by atoms with E-state index in [2.05, 4.69) is 205 Å². The summed E-state index contributed by atoms with van der Waals surface area (Å²) >= 11 is 1.86. The normalized spacial score (nSPS) is 12.2. The van der Waals surface area contributed by atoms with Gasteiger partial charge in [-0.05, 0) is 110 Å². The second-order valence-corrected chi connectivity index (χ2v) is 15.2. The van der Waals surface area contributed by atoms with Crippen molar-refractivity contribution in [3.05, 3.63) is 211 Å². The average molecular weight is 704 g/mol. The van der Waals surface area contributed by atoms with Crippen LogP contribution in [0.2, 0.25) is 0 Å². The minimum atomic E-state index is 1.17. The molecule has 0 bridgehead atoms. The number of benzene rings is 9. The first-order valence-electron chi connectivity index (χ1n) is 18.5. The SMILES string of the molecule is C(=C(/c1ccc2c(c1)c1c3ccccc3ccc1n2-c1ccc2ccccc2c1)c1ccccc1-c1ccccc1)/c1ccc2sc3ccccc3c2c1. The van der Waals surface area contributed by atoms with Crippen LogP contribution in [0.15, 0.2) is 194 Å². The first kappa shape index (κ1) is 30.8. The molecule has 9 aromatic carbocycles. The first-order valence-corrected chi connectivity index (χ1v) is 19.3. The van der Waals surface area contributed by atoms with E-state index in [1.165, 1.54) is 103 Å². The van der Waals surface area contributed by atoms with Crippen molar-refractivity contribution in [2.45, 2.75) is 0 Å². The minimum Gasteiger partial charge on any atom is -0.309 e. The van der Waals surface area contributed by atoms with E-state index >= 15 is 0 Å².